The lowest BCUT2D eigenvalue weighted by Gasteiger charge is -2.21. The summed E-state index contributed by atoms with van der Waals surface area (Å²) in [7, 11) is -1.39. The van der Waals surface area contributed by atoms with Crippen molar-refractivity contribution < 1.29 is 23.9 Å². The van der Waals surface area contributed by atoms with Crippen molar-refractivity contribution in [3.8, 4) is 11.3 Å². The van der Waals surface area contributed by atoms with Crippen molar-refractivity contribution in [1.82, 2.24) is 18.9 Å². The fraction of sp³-hybridized carbons (Fsp3) is 0.324. The normalized spacial score (nSPS) is 12.0. The third-order valence-corrected chi connectivity index (χ3v) is 10.1. The largest absolute Gasteiger partial charge is 0.443 e. The minimum atomic E-state index is -1.39. The zero-order valence-electron chi connectivity index (χ0n) is 27.7. The van der Waals surface area contributed by atoms with E-state index in [9.17, 15) is 19.2 Å². The molecule has 0 saturated carbocycles. The first-order valence-electron chi connectivity index (χ1n) is 15.3. The molecule has 14 heteroatoms. The van der Waals surface area contributed by atoms with Crippen LogP contribution in [0.1, 0.15) is 46.4 Å². The van der Waals surface area contributed by atoms with Gasteiger partial charge in [-0.05, 0) is 69.3 Å². The number of fused-ring (bicyclic) bond motifs is 1. The first-order chi connectivity index (χ1) is 22.6. The lowest BCUT2D eigenvalue weighted by atomic mass is 10.1. The molecule has 0 bridgehead atoms. The number of amides is 1. The summed E-state index contributed by atoms with van der Waals surface area (Å²) in [5.74, 6) is -0.440. The van der Waals surface area contributed by atoms with Crippen LogP contribution in [0, 0.1) is 0 Å². The molecule has 5 aromatic rings. The number of benzene rings is 1. The highest BCUT2D eigenvalue weighted by atomic mass is 35.5. The van der Waals surface area contributed by atoms with Gasteiger partial charge in [0.2, 0.25) is 0 Å². The van der Waals surface area contributed by atoms with Crippen molar-refractivity contribution in [3.63, 3.8) is 0 Å². The molecule has 1 N–H and O–H groups in total. The number of hydrogen-bond donors (Lipinski definition) is 1. The Balaban J connectivity index is 1.55. The fourth-order valence-electron chi connectivity index (χ4n) is 4.90. The van der Waals surface area contributed by atoms with Crippen molar-refractivity contribution in [1.29, 1.82) is 0 Å². The molecule has 4 aromatic heterocycles. The number of rotatable bonds is 11. The Bertz CT molecular complexity index is 2050. The van der Waals surface area contributed by atoms with E-state index in [1.165, 1.54) is 38.9 Å². The minimum Gasteiger partial charge on any atom is -0.443 e. The van der Waals surface area contributed by atoms with Gasteiger partial charge in [0.05, 0.1) is 45.1 Å². The number of ether oxygens (including phenoxy) is 2. The highest BCUT2D eigenvalue weighted by Gasteiger charge is 2.25. The summed E-state index contributed by atoms with van der Waals surface area (Å²) in [6.07, 6.45) is 4.62. The van der Waals surface area contributed by atoms with Crippen molar-refractivity contribution in [2.24, 2.45) is 0 Å². The summed E-state index contributed by atoms with van der Waals surface area (Å²) >= 11 is 7.49. The standard InChI is InChI=1S/C34H38ClN5O6SSi/c1-34(2,3)46-33(44)40-28-9-7-22(20-41)13-23(28)14-29(40)27-15-25(18-38(32(27)43)21-45-11-12-48(4,5)6)37-31(42)24-16-36-39(17-24)19-26-8-10-30(35)47-26/h7-10,13-18,20H,11-12,19,21H2,1-6H3,(H,37,42). The summed E-state index contributed by atoms with van der Waals surface area (Å²) in [5.41, 5.74) is 0.579. The number of nitrogens with zero attached hydrogens (tertiary/aromatic N) is 4. The number of thiophene rings is 1. The van der Waals surface area contributed by atoms with Crippen LogP contribution in [0.15, 0.2) is 65.8 Å². The third-order valence-electron chi connectivity index (χ3n) is 7.23. The molecule has 0 saturated heterocycles. The Morgan fingerprint density at radius 3 is 2.52 bits per heavy atom. The Labute approximate surface area is 288 Å². The maximum Gasteiger partial charge on any atom is 0.419 e. The average Bonchev–Trinajstić information content (AvgIpc) is 3.73. The number of carbonyl (C=O) groups is 3. The van der Waals surface area contributed by atoms with Crippen LogP contribution >= 0.6 is 22.9 Å². The predicted octanol–water partition coefficient (Wildman–Crippen LogP) is 7.59. The topological polar surface area (TPSA) is 126 Å². The molecule has 0 atom stereocenters. The van der Waals surface area contributed by atoms with Gasteiger partial charge in [-0.1, -0.05) is 31.2 Å². The van der Waals surface area contributed by atoms with Gasteiger partial charge in [-0.2, -0.15) is 5.10 Å². The van der Waals surface area contributed by atoms with Gasteiger partial charge in [-0.15, -0.1) is 11.3 Å². The number of hydrogen-bond acceptors (Lipinski definition) is 8. The van der Waals surface area contributed by atoms with E-state index >= 15 is 0 Å². The van der Waals surface area contributed by atoms with Crippen molar-refractivity contribution in [2.75, 3.05) is 11.9 Å². The number of carbonyl (C=O) groups excluding carboxylic acids is 3. The van der Waals surface area contributed by atoms with Crippen LogP contribution in [0.25, 0.3) is 22.2 Å². The molecule has 0 fully saturated rings. The molecule has 0 radical (unpaired) electrons. The summed E-state index contributed by atoms with van der Waals surface area (Å²) in [5, 5.41) is 7.76. The summed E-state index contributed by atoms with van der Waals surface area (Å²) in [6.45, 7) is 12.8. The van der Waals surface area contributed by atoms with E-state index in [0.29, 0.717) is 51.5 Å². The monoisotopic (exact) mass is 707 g/mol. The van der Waals surface area contributed by atoms with E-state index in [0.717, 1.165) is 10.9 Å². The lowest BCUT2D eigenvalue weighted by molar-refractivity contribution is 0.0547. The molecule has 4 heterocycles. The quantitative estimate of drug-likeness (QED) is 0.0852. The third kappa shape index (κ3) is 8.58. The second-order valence-corrected chi connectivity index (χ2v) is 21.1. The zero-order valence-corrected chi connectivity index (χ0v) is 30.3. The molecular formula is C34H38ClN5O6SSi. The smallest absolute Gasteiger partial charge is 0.419 e. The molecule has 0 spiro atoms. The van der Waals surface area contributed by atoms with E-state index in [1.54, 1.807) is 55.9 Å². The Kier molecular flexibility index (Phi) is 10.2. The molecule has 11 nitrogen and oxygen atoms in total. The maximum absolute atomic E-state index is 14.0. The van der Waals surface area contributed by atoms with Gasteiger partial charge in [0, 0.05) is 42.9 Å². The van der Waals surface area contributed by atoms with Crippen LogP contribution in [0.2, 0.25) is 30.0 Å². The Morgan fingerprint density at radius 1 is 1.08 bits per heavy atom. The molecule has 5 rings (SSSR count). The number of anilines is 1. The van der Waals surface area contributed by atoms with Crippen LogP contribution in [0.3, 0.4) is 0 Å². The zero-order chi connectivity index (χ0) is 34.8. The van der Waals surface area contributed by atoms with E-state index in [1.807, 2.05) is 12.1 Å². The van der Waals surface area contributed by atoms with Gasteiger partial charge in [-0.3, -0.25) is 23.6 Å². The Morgan fingerprint density at radius 2 is 1.85 bits per heavy atom. The SMILES string of the molecule is CC(C)(C)OC(=O)n1c(-c2cc(NC(=O)c3cnn(Cc4ccc(Cl)s4)c3)cn(COCC[Si](C)(C)C)c2=O)cc2cc(C=O)ccc21. The highest BCUT2D eigenvalue weighted by molar-refractivity contribution is 7.16. The van der Waals surface area contributed by atoms with Crippen LogP contribution in [-0.4, -0.2) is 57.5 Å². The number of pyridine rings is 1. The number of aromatic nitrogens is 4. The molecule has 1 amide bonds. The first-order valence-corrected chi connectivity index (χ1v) is 20.2. The molecule has 0 unspecified atom stereocenters. The molecule has 0 aliphatic heterocycles. The summed E-state index contributed by atoms with van der Waals surface area (Å²) in [4.78, 5) is 53.6. The van der Waals surface area contributed by atoms with Crippen molar-refractivity contribution in [2.45, 2.75) is 65.3 Å². The maximum atomic E-state index is 14.0. The van der Waals surface area contributed by atoms with Gasteiger partial charge in [0.1, 0.15) is 18.6 Å². The predicted molar refractivity (Wildman–Crippen MR) is 191 cm³/mol. The average molecular weight is 708 g/mol. The van der Waals surface area contributed by atoms with E-state index in [-0.39, 0.29) is 18.0 Å². The van der Waals surface area contributed by atoms with Gasteiger partial charge in [-0.25, -0.2) is 9.36 Å². The molecule has 1 aromatic carbocycles. The van der Waals surface area contributed by atoms with Crippen molar-refractivity contribution >= 4 is 65.9 Å². The summed E-state index contributed by atoms with van der Waals surface area (Å²) in [6, 6.07) is 12.7. The van der Waals surface area contributed by atoms with Gasteiger partial charge in [0.15, 0.2) is 0 Å². The molecule has 0 aliphatic carbocycles. The fourth-order valence-corrected chi connectivity index (χ4v) is 6.74. The van der Waals surface area contributed by atoms with E-state index in [2.05, 4.69) is 30.1 Å². The number of halogens is 1. The molecule has 48 heavy (non-hydrogen) atoms. The number of aldehydes is 1. The second kappa shape index (κ2) is 14.0. The first kappa shape index (κ1) is 35.0. The van der Waals surface area contributed by atoms with Crippen LogP contribution in [-0.2, 0) is 22.7 Å². The Hall–Kier alpha value is -4.30. The van der Waals surface area contributed by atoms with Gasteiger partial charge >= 0.3 is 6.09 Å². The molecular weight excluding hydrogens is 670 g/mol. The number of nitrogens with one attached hydrogen (secondary N) is 1. The highest BCUT2D eigenvalue weighted by Crippen LogP contribution is 2.30. The minimum absolute atomic E-state index is 0.0662. The lowest BCUT2D eigenvalue weighted by Crippen LogP contribution is -2.29. The summed E-state index contributed by atoms with van der Waals surface area (Å²) < 4.78 is 16.7. The van der Waals surface area contributed by atoms with Crippen LogP contribution in [0.4, 0.5) is 10.5 Å². The van der Waals surface area contributed by atoms with Crippen LogP contribution in [0.5, 0.6) is 0 Å². The second-order valence-electron chi connectivity index (χ2n) is 13.6. The molecule has 0 aliphatic rings. The van der Waals surface area contributed by atoms with Gasteiger partial charge < -0.3 is 14.8 Å². The van der Waals surface area contributed by atoms with Gasteiger partial charge in [0.25, 0.3) is 11.5 Å². The van der Waals surface area contributed by atoms with Crippen molar-refractivity contribution in [3.05, 3.63) is 91.7 Å². The van der Waals surface area contributed by atoms with E-state index < -0.39 is 31.2 Å². The van der Waals surface area contributed by atoms with E-state index in [4.69, 9.17) is 21.1 Å². The molecule has 252 valence electrons. The van der Waals surface area contributed by atoms with Crippen LogP contribution < -0.4 is 10.9 Å².